The van der Waals surface area contributed by atoms with Crippen LogP contribution in [0.15, 0.2) is 71.4 Å². The molecule has 0 aliphatic heterocycles. The van der Waals surface area contributed by atoms with Gasteiger partial charge >= 0.3 is 0 Å². The van der Waals surface area contributed by atoms with Gasteiger partial charge in [0, 0.05) is 34.3 Å². The molecule has 0 saturated heterocycles. The minimum absolute atomic E-state index is 0.254. The lowest BCUT2D eigenvalue weighted by Gasteiger charge is -2.12. The Bertz CT molecular complexity index is 1320. The largest absolute Gasteiger partial charge is 0.497 e. The zero-order chi connectivity index (χ0) is 23.4. The Hall–Kier alpha value is -4.06. The molecule has 0 radical (unpaired) electrons. The fourth-order valence-corrected chi connectivity index (χ4v) is 3.68. The molecule has 0 aliphatic rings. The second-order valence-electron chi connectivity index (χ2n) is 7.64. The van der Waals surface area contributed by atoms with E-state index in [4.69, 9.17) is 13.9 Å². The fourth-order valence-electron chi connectivity index (χ4n) is 3.68. The normalized spacial score (nSPS) is 11.5. The Balaban J connectivity index is 1.71. The molecule has 1 N–H and O–H groups in total. The number of benzene rings is 2. The van der Waals surface area contributed by atoms with Gasteiger partial charge in [0.1, 0.15) is 22.9 Å². The summed E-state index contributed by atoms with van der Waals surface area (Å²) in [7, 11) is 1.64. The highest BCUT2D eigenvalue weighted by molar-refractivity contribution is 6.05. The van der Waals surface area contributed by atoms with Crippen molar-refractivity contribution in [2.75, 3.05) is 19.0 Å². The highest BCUT2D eigenvalue weighted by Crippen LogP contribution is 2.38. The molecule has 0 fully saturated rings. The van der Waals surface area contributed by atoms with Crippen LogP contribution in [0.25, 0.3) is 27.7 Å². The van der Waals surface area contributed by atoms with Gasteiger partial charge in [0.25, 0.3) is 0 Å². The maximum absolute atomic E-state index is 12.6. The van der Waals surface area contributed by atoms with E-state index in [0.717, 1.165) is 39.1 Å². The van der Waals surface area contributed by atoms with Gasteiger partial charge in [-0.2, -0.15) is 0 Å². The average Bonchev–Trinajstić information content (AvgIpc) is 3.21. The van der Waals surface area contributed by atoms with E-state index in [1.807, 2.05) is 69.3 Å². The summed E-state index contributed by atoms with van der Waals surface area (Å²) < 4.78 is 17.0. The molecule has 2 aromatic carbocycles. The number of aromatic nitrogens is 1. The second kappa shape index (κ2) is 9.61. The molecule has 0 saturated carbocycles. The third kappa shape index (κ3) is 4.90. The van der Waals surface area contributed by atoms with E-state index in [9.17, 15) is 4.79 Å². The van der Waals surface area contributed by atoms with Crippen LogP contribution in [0.5, 0.6) is 11.5 Å². The number of hydrogen-bond donors (Lipinski definition) is 1. The SMILES string of the molecule is CCOc1cc2occ(-c3ccc(OC)cc3)c2cc1/C(C)=C/C(=O)Nc1cccc(C)n1. The number of hydrogen-bond acceptors (Lipinski definition) is 5. The summed E-state index contributed by atoms with van der Waals surface area (Å²) in [5.74, 6) is 1.71. The molecule has 0 spiro atoms. The van der Waals surface area contributed by atoms with Crippen molar-refractivity contribution in [3.63, 3.8) is 0 Å². The number of carbonyl (C=O) groups is 1. The molecule has 4 rings (SSSR count). The lowest BCUT2D eigenvalue weighted by molar-refractivity contribution is -0.111. The Morgan fingerprint density at radius 3 is 2.64 bits per heavy atom. The summed E-state index contributed by atoms with van der Waals surface area (Å²) in [6, 6.07) is 17.2. The molecule has 2 aromatic heterocycles. The van der Waals surface area contributed by atoms with Crippen molar-refractivity contribution >= 4 is 28.3 Å². The number of ether oxygens (including phenoxy) is 2. The molecule has 0 bridgehead atoms. The number of furan rings is 1. The average molecular weight is 443 g/mol. The van der Waals surface area contributed by atoms with E-state index in [1.165, 1.54) is 0 Å². The molecular weight excluding hydrogens is 416 g/mol. The van der Waals surface area contributed by atoms with E-state index in [1.54, 1.807) is 25.5 Å². The van der Waals surface area contributed by atoms with Crippen molar-refractivity contribution in [1.82, 2.24) is 4.98 Å². The topological polar surface area (TPSA) is 73.6 Å². The molecular formula is C27H26N2O4. The first kappa shape index (κ1) is 22.1. The Morgan fingerprint density at radius 1 is 1.15 bits per heavy atom. The van der Waals surface area contributed by atoms with Crippen LogP contribution in [-0.4, -0.2) is 24.6 Å². The van der Waals surface area contributed by atoms with E-state index >= 15 is 0 Å². The number of amides is 1. The Labute approximate surface area is 192 Å². The summed E-state index contributed by atoms with van der Waals surface area (Å²) >= 11 is 0. The molecule has 2 heterocycles. The molecule has 0 atom stereocenters. The maximum atomic E-state index is 12.6. The lowest BCUT2D eigenvalue weighted by Crippen LogP contribution is -2.10. The van der Waals surface area contributed by atoms with Crippen LogP contribution in [0.3, 0.4) is 0 Å². The van der Waals surface area contributed by atoms with Crippen molar-refractivity contribution in [2.24, 2.45) is 0 Å². The van der Waals surface area contributed by atoms with Gasteiger partial charge in [0.2, 0.25) is 5.91 Å². The first-order valence-corrected chi connectivity index (χ1v) is 10.7. The standard InChI is InChI=1S/C27H26N2O4/c1-5-32-24-15-25-22(23(16-33-25)19-9-11-20(31-4)12-10-19)14-21(24)17(2)13-27(30)29-26-8-6-7-18(3)28-26/h6-16H,5H2,1-4H3,(H,28,29,30)/b17-13+. The zero-order valence-electron chi connectivity index (χ0n) is 19.1. The monoisotopic (exact) mass is 442 g/mol. The third-order valence-electron chi connectivity index (χ3n) is 5.29. The minimum atomic E-state index is -0.254. The van der Waals surface area contributed by atoms with Gasteiger partial charge in [-0.05, 0) is 62.2 Å². The minimum Gasteiger partial charge on any atom is -0.497 e. The predicted octanol–water partition coefficient (Wildman–Crippen LogP) is 6.25. The van der Waals surface area contributed by atoms with Crippen molar-refractivity contribution in [3.8, 4) is 22.6 Å². The summed E-state index contributed by atoms with van der Waals surface area (Å²) in [4.78, 5) is 17.0. The van der Waals surface area contributed by atoms with E-state index < -0.39 is 0 Å². The van der Waals surface area contributed by atoms with Crippen LogP contribution in [0.2, 0.25) is 0 Å². The van der Waals surface area contributed by atoms with E-state index in [0.29, 0.717) is 23.8 Å². The van der Waals surface area contributed by atoms with Gasteiger partial charge < -0.3 is 19.2 Å². The molecule has 1 amide bonds. The van der Waals surface area contributed by atoms with Gasteiger partial charge in [-0.1, -0.05) is 18.2 Å². The molecule has 168 valence electrons. The smallest absolute Gasteiger partial charge is 0.249 e. The zero-order valence-corrected chi connectivity index (χ0v) is 19.1. The van der Waals surface area contributed by atoms with Crippen LogP contribution >= 0.6 is 0 Å². The molecule has 0 aliphatic carbocycles. The van der Waals surface area contributed by atoms with Crippen LogP contribution < -0.4 is 14.8 Å². The highest BCUT2D eigenvalue weighted by atomic mass is 16.5. The summed E-state index contributed by atoms with van der Waals surface area (Å²) in [6.07, 6.45) is 3.29. The molecule has 6 nitrogen and oxygen atoms in total. The third-order valence-corrected chi connectivity index (χ3v) is 5.29. The quantitative estimate of drug-likeness (QED) is 0.342. The summed E-state index contributed by atoms with van der Waals surface area (Å²) in [5.41, 5.74) is 5.12. The van der Waals surface area contributed by atoms with Crippen molar-refractivity contribution in [3.05, 3.63) is 78.2 Å². The number of anilines is 1. The lowest BCUT2D eigenvalue weighted by atomic mass is 9.99. The number of carbonyl (C=O) groups excluding carboxylic acids is 1. The second-order valence-corrected chi connectivity index (χ2v) is 7.64. The number of nitrogens with zero attached hydrogens (tertiary/aromatic N) is 1. The van der Waals surface area contributed by atoms with Crippen molar-refractivity contribution in [2.45, 2.75) is 20.8 Å². The van der Waals surface area contributed by atoms with Gasteiger partial charge in [-0.15, -0.1) is 0 Å². The number of fused-ring (bicyclic) bond motifs is 1. The number of aryl methyl sites for hydroxylation is 1. The van der Waals surface area contributed by atoms with Crippen molar-refractivity contribution < 1.29 is 18.7 Å². The van der Waals surface area contributed by atoms with Gasteiger partial charge in [0.05, 0.1) is 20.0 Å². The fraction of sp³-hybridized carbons (Fsp3) is 0.185. The van der Waals surface area contributed by atoms with Crippen LogP contribution in [-0.2, 0) is 4.79 Å². The Morgan fingerprint density at radius 2 is 1.94 bits per heavy atom. The van der Waals surface area contributed by atoms with Gasteiger partial charge in [-0.3, -0.25) is 4.79 Å². The molecule has 33 heavy (non-hydrogen) atoms. The van der Waals surface area contributed by atoms with Crippen LogP contribution in [0, 0.1) is 6.92 Å². The van der Waals surface area contributed by atoms with Gasteiger partial charge in [0.15, 0.2) is 0 Å². The number of nitrogens with one attached hydrogen (secondary N) is 1. The van der Waals surface area contributed by atoms with Crippen LogP contribution in [0.1, 0.15) is 25.1 Å². The van der Waals surface area contributed by atoms with E-state index in [2.05, 4.69) is 10.3 Å². The number of allylic oxidation sites excluding steroid dienone is 1. The molecule has 6 heteroatoms. The van der Waals surface area contributed by atoms with E-state index in [-0.39, 0.29) is 5.91 Å². The molecule has 0 unspecified atom stereocenters. The van der Waals surface area contributed by atoms with Crippen LogP contribution in [0.4, 0.5) is 5.82 Å². The Kier molecular flexibility index (Phi) is 6.45. The number of rotatable bonds is 7. The maximum Gasteiger partial charge on any atom is 0.249 e. The number of methoxy groups -OCH3 is 1. The first-order chi connectivity index (χ1) is 16.0. The number of pyridine rings is 1. The summed E-state index contributed by atoms with van der Waals surface area (Å²) in [6.45, 7) is 6.19. The first-order valence-electron chi connectivity index (χ1n) is 10.7. The summed E-state index contributed by atoms with van der Waals surface area (Å²) in [5, 5.41) is 3.75. The molecule has 4 aromatic rings. The van der Waals surface area contributed by atoms with Crippen molar-refractivity contribution in [1.29, 1.82) is 0 Å². The predicted molar refractivity (Wildman–Crippen MR) is 131 cm³/mol. The highest BCUT2D eigenvalue weighted by Gasteiger charge is 2.15. The van der Waals surface area contributed by atoms with Gasteiger partial charge in [-0.25, -0.2) is 4.98 Å².